The van der Waals surface area contributed by atoms with Gasteiger partial charge >= 0.3 is 6.03 Å². The Morgan fingerprint density at radius 2 is 1.91 bits per heavy atom. The van der Waals surface area contributed by atoms with Crippen molar-refractivity contribution in [2.24, 2.45) is 0 Å². The molecule has 1 saturated heterocycles. The maximum atomic E-state index is 12.5. The molecule has 0 bridgehead atoms. The number of aryl methyl sites for hydroxylation is 1. The highest BCUT2D eigenvalue weighted by Gasteiger charge is 2.30. The van der Waals surface area contributed by atoms with Crippen LogP contribution in [0.1, 0.15) is 18.3 Å². The molecule has 2 heterocycles. The summed E-state index contributed by atoms with van der Waals surface area (Å²) in [4.78, 5) is 20.6. The molecule has 2 aromatic rings. The lowest BCUT2D eigenvalue weighted by Gasteiger charge is -2.18. The largest absolute Gasteiger partial charge is 0.335 e. The van der Waals surface area contributed by atoms with Gasteiger partial charge in [0.1, 0.15) is 0 Å². The molecule has 0 N–H and O–H groups in total. The summed E-state index contributed by atoms with van der Waals surface area (Å²) in [5, 5.41) is 0. The van der Waals surface area contributed by atoms with Crippen molar-refractivity contribution in [2.45, 2.75) is 26.9 Å². The molecule has 0 aliphatic carbocycles. The number of halogens is 1. The Hall–Kier alpha value is -2.01. The van der Waals surface area contributed by atoms with E-state index in [2.05, 4.69) is 23.4 Å². The second-order valence-electron chi connectivity index (χ2n) is 5.25. The van der Waals surface area contributed by atoms with E-state index in [1.165, 1.54) is 0 Å². The van der Waals surface area contributed by atoms with Crippen LogP contribution in [-0.2, 0) is 13.1 Å². The first-order chi connectivity index (χ1) is 10.2. The van der Waals surface area contributed by atoms with Gasteiger partial charge in [0.2, 0.25) is 0 Å². The van der Waals surface area contributed by atoms with Crippen LogP contribution in [0.2, 0.25) is 0 Å². The van der Waals surface area contributed by atoms with E-state index in [4.69, 9.17) is 0 Å². The van der Waals surface area contributed by atoms with E-state index in [0.29, 0.717) is 6.54 Å². The van der Waals surface area contributed by atoms with E-state index < -0.39 is 0 Å². The Morgan fingerprint density at radius 1 is 1.18 bits per heavy atom. The van der Waals surface area contributed by atoms with Crippen LogP contribution >= 0.6 is 12.4 Å². The van der Waals surface area contributed by atoms with Crippen LogP contribution in [0.25, 0.3) is 0 Å². The van der Waals surface area contributed by atoms with Gasteiger partial charge in [-0.1, -0.05) is 18.2 Å². The highest BCUT2D eigenvalue weighted by molar-refractivity contribution is 5.94. The maximum absolute atomic E-state index is 12.5. The number of aromatic nitrogens is 2. The molecule has 3 rings (SSSR count). The summed E-state index contributed by atoms with van der Waals surface area (Å²) in [7, 11) is 0. The molecule has 1 aliphatic rings. The highest BCUT2D eigenvalue weighted by atomic mass is 35.5. The van der Waals surface area contributed by atoms with Gasteiger partial charge in [-0.05, 0) is 26.0 Å². The Labute approximate surface area is 137 Å². The Morgan fingerprint density at radius 3 is 2.55 bits per heavy atom. The SMILES string of the molecule is CCn1cnc(CN2CCN(c3ccccc3)C2=O)c1C.Cl. The van der Waals surface area contributed by atoms with Crippen molar-refractivity contribution in [3.63, 3.8) is 0 Å². The molecule has 0 radical (unpaired) electrons. The van der Waals surface area contributed by atoms with Crippen molar-refractivity contribution < 1.29 is 4.79 Å². The molecule has 0 saturated carbocycles. The standard InChI is InChI=1S/C16H20N4O.ClH/c1-3-18-12-17-15(13(18)2)11-19-9-10-20(16(19)21)14-7-5-4-6-8-14;/h4-8,12H,3,9-11H2,1-2H3;1H. The zero-order valence-corrected chi connectivity index (χ0v) is 13.7. The van der Waals surface area contributed by atoms with Crippen LogP contribution < -0.4 is 4.90 Å². The van der Waals surface area contributed by atoms with E-state index in [1.54, 1.807) is 0 Å². The molecular weight excluding hydrogens is 300 g/mol. The lowest BCUT2D eigenvalue weighted by Crippen LogP contribution is -2.31. The first-order valence-corrected chi connectivity index (χ1v) is 7.32. The summed E-state index contributed by atoms with van der Waals surface area (Å²) in [6.07, 6.45) is 1.85. The normalized spacial score (nSPS) is 14.4. The first-order valence-electron chi connectivity index (χ1n) is 7.32. The fourth-order valence-corrected chi connectivity index (χ4v) is 2.72. The first kappa shape index (κ1) is 16.4. The average molecular weight is 321 g/mol. The number of carbonyl (C=O) groups is 1. The van der Waals surface area contributed by atoms with Gasteiger partial charge in [-0.25, -0.2) is 9.78 Å². The van der Waals surface area contributed by atoms with Crippen molar-refractivity contribution in [1.82, 2.24) is 14.5 Å². The maximum Gasteiger partial charge on any atom is 0.324 e. The summed E-state index contributed by atoms with van der Waals surface area (Å²) in [5.74, 6) is 0. The number of amides is 2. The molecule has 0 atom stereocenters. The Bertz CT molecular complexity index is 641. The minimum absolute atomic E-state index is 0. The summed E-state index contributed by atoms with van der Waals surface area (Å²) in [6, 6.07) is 9.88. The molecule has 6 heteroatoms. The summed E-state index contributed by atoms with van der Waals surface area (Å²) in [6.45, 7) is 7.12. The minimum Gasteiger partial charge on any atom is -0.335 e. The van der Waals surface area contributed by atoms with E-state index in [9.17, 15) is 4.79 Å². The predicted molar refractivity (Wildman–Crippen MR) is 89.5 cm³/mol. The predicted octanol–water partition coefficient (Wildman–Crippen LogP) is 3.08. The molecule has 22 heavy (non-hydrogen) atoms. The molecule has 1 fully saturated rings. The van der Waals surface area contributed by atoms with Crippen molar-refractivity contribution in [3.05, 3.63) is 48.0 Å². The average Bonchev–Trinajstić information content (AvgIpc) is 3.05. The van der Waals surface area contributed by atoms with Crippen molar-refractivity contribution >= 4 is 24.1 Å². The van der Waals surface area contributed by atoms with Gasteiger partial charge in [0.15, 0.2) is 0 Å². The van der Waals surface area contributed by atoms with Crippen LogP contribution in [0.5, 0.6) is 0 Å². The molecule has 5 nitrogen and oxygen atoms in total. The van der Waals surface area contributed by atoms with Crippen molar-refractivity contribution in [3.8, 4) is 0 Å². The summed E-state index contributed by atoms with van der Waals surface area (Å²) in [5.41, 5.74) is 3.09. The number of imidazole rings is 1. The number of hydrogen-bond acceptors (Lipinski definition) is 2. The second-order valence-corrected chi connectivity index (χ2v) is 5.25. The van der Waals surface area contributed by atoms with Gasteiger partial charge in [0.25, 0.3) is 0 Å². The van der Waals surface area contributed by atoms with E-state index in [0.717, 1.165) is 36.7 Å². The molecule has 1 aromatic carbocycles. The Kier molecular flexibility index (Phi) is 5.08. The third kappa shape index (κ3) is 2.95. The van der Waals surface area contributed by atoms with Gasteiger partial charge in [-0.3, -0.25) is 4.90 Å². The zero-order valence-electron chi connectivity index (χ0n) is 12.9. The number of hydrogen-bond donors (Lipinski definition) is 0. The van der Waals surface area contributed by atoms with Gasteiger partial charge < -0.3 is 9.47 Å². The summed E-state index contributed by atoms with van der Waals surface area (Å²) < 4.78 is 2.10. The van der Waals surface area contributed by atoms with Crippen LogP contribution in [0.15, 0.2) is 36.7 Å². The van der Waals surface area contributed by atoms with Gasteiger partial charge in [-0.2, -0.15) is 0 Å². The number of rotatable bonds is 4. The van der Waals surface area contributed by atoms with Gasteiger partial charge in [-0.15, -0.1) is 12.4 Å². The zero-order chi connectivity index (χ0) is 14.8. The fourth-order valence-electron chi connectivity index (χ4n) is 2.72. The molecular formula is C16H21ClN4O. The Balaban J connectivity index is 0.00000176. The molecule has 2 amide bonds. The highest BCUT2D eigenvalue weighted by Crippen LogP contribution is 2.21. The summed E-state index contributed by atoms with van der Waals surface area (Å²) >= 11 is 0. The topological polar surface area (TPSA) is 41.4 Å². The lowest BCUT2D eigenvalue weighted by molar-refractivity contribution is 0.218. The monoisotopic (exact) mass is 320 g/mol. The van der Waals surface area contributed by atoms with Crippen molar-refractivity contribution in [2.75, 3.05) is 18.0 Å². The van der Waals surface area contributed by atoms with Crippen LogP contribution in [-0.4, -0.2) is 33.6 Å². The number of urea groups is 1. The van der Waals surface area contributed by atoms with E-state index in [-0.39, 0.29) is 18.4 Å². The number of benzene rings is 1. The van der Waals surface area contributed by atoms with E-state index in [1.807, 2.05) is 46.5 Å². The third-order valence-corrected chi connectivity index (χ3v) is 4.05. The van der Waals surface area contributed by atoms with Crippen LogP contribution in [0, 0.1) is 6.92 Å². The van der Waals surface area contributed by atoms with Crippen LogP contribution in [0.4, 0.5) is 10.5 Å². The smallest absolute Gasteiger partial charge is 0.324 e. The second kappa shape index (κ2) is 6.83. The molecule has 1 aliphatic heterocycles. The molecule has 118 valence electrons. The van der Waals surface area contributed by atoms with Crippen LogP contribution in [0.3, 0.4) is 0 Å². The number of anilines is 1. The lowest BCUT2D eigenvalue weighted by atomic mass is 10.3. The van der Waals surface area contributed by atoms with Crippen molar-refractivity contribution in [1.29, 1.82) is 0 Å². The number of para-hydroxylation sites is 1. The quantitative estimate of drug-likeness (QED) is 0.868. The number of carbonyl (C=O) groups excluding carboxylic acids is 1. The molecule has 0 unspecified atom stereocenters. The minimum atomic E-state index is 0. The number of nitrogens with zero attached hydrogens (tertiary/aromatic N) is 4. The molecule has 0 spiro atoms. The fraction of sp³-hybridized carbons (Fsp3) is 0.375. The third-order valence-electron chi connectivity index (χ3n) is 4.05. The van der Waals surface area contributed by atoms with Gasteiger partial charge in [0.05, 0.1) is 18.6 Å². The van der Waals surface area contributed by atoms with E-state index >= 15 is 0 Å². The van der Waals surface area contributed by atoms with Gasteiger partial charge in [0, 0.05) is 31.0 Å². The molecule has 1 aromatic heterocycles.